The van der Waals surface area contributed by atoms with Crippen molar-refractivity contribution < 1.29 is 4.79 Å². The summed E-state index contributed by atoms with van der Waals surface area (Å²) in [5.41, 5.74) is 1.22. The SMILES string of the molecule is CN(Cc1cccc2ccccc12)C(=O)C1CC=CCC1. The molecule has 2 heteroatoms. The van der Waals surface area contributed by atoms with E-state index in [9.17, 15) is 4.79 Å². The van der Waals surface area contributed by atoms with Crippen LogP contribution in [0.2, 0.25) is 0 Å². The average Bonchev–Trinajstić information content (AvgIpc) is 2.55. The maximum atomic E-state index is 12.5. The number of hydrogen-bond donors (Lipinski definition) is 0. The van der Waals surface area contributed by atoms with Gasteiger partial charge in [-0.3, -0.25) is 4.79 Å². The lowest BCUT2D eigenvalue weighted by Crippen LogP contribution is -2.33. The van der Waals surface area contributed by atoms with E-state index < -0.39 is 0 Å². The third-order valence-corrected chi connectivity index (χ3v) is 4.28. The number of nitrogens with zero attached hydrogens (tertiary/aromatic N) is 1. The summed E-state index contributed by atoms with van der Waals surface area (Å²) in [4.78, 5) is 14.4. The van der Waals surface area contributed by atoms with Crippen LogP contribution in [0, 0.1) is 5.92 Å². The zero-order valence-electron chi connectivity index (χ0n) is 12.5. The van der Waals surface area contributed by atoms with Crippen LogP contribution in [0.3, 0.4) is 0 Å². The van der Waals surface area contributed by atoms with Gasteiger partial charge in [0.15, 0.2) is 0 Å². The van der Waals surface area contributed by atoms with Gasteiger partial charge in [0.05, 0.1) is 0 Å². The van der Waals surface area contributed by atoms with E-state index in [0.717, 1.165) is 19.3 Å². The van der Waals surface area contributed by atoms with Gasteiger partial charge in [-0.2, -0.15) is 0 Å². The summed E-state index contributed by atoms with van der Waals surface area (Å²) in [6.45, 7) is 0.681. The van der Waals surface area contributed by atoms with Crippen LogP contribution in [-0.4, -0.2) is 17.9 Å². The molecule has 3 rings (SSSR count). The van der Waals surface area contributed by atoms with Crippen LogP contribution in [0.4, 0.5) is 0 Å². The number of fused-ring (bicyclic) bond motifs is 1. The van der Waals surface area contributed by atoms with Crippen LogP contribution < -0.4 is 0 Å². The van der Waals surface area contributed by atoms with E-state index in [2.05, 4.69) is 54.6 Å². The van der Waals surface area contributed by atoms with Crippen molar-refractivity contribution in [3.8, 4) is 0 Å². The van der Waals surface area contributed by atoms with E-state index in [-0.39, 0.29) is 11.8 Å². The van der Waals surface area contributed by atoms with Gasteiger partial charge in [-0.05, 0) is 35.6 Å². The molecule has 0 saturated heterocycles. The minimum atomic E-state index is 0.162. The average molecular weight is 279 g/mol. The number of carbonyl (C=O) groups excluding carboxylic acids is 1. The van der Waals surface area contributed by atoms with E-state index in [0.29, 0.717) is 6.54 Å². The molecular weight excluding hydrogens is 258 g/mol. The Hall–Kier alpha value is -2.09. The molecule has 0 spiro atoms. The third-order valence-electron chi connectivity index (χ3n) is 4.28. The van der Waals surface area contributed by atoms with E-state index in [1.807, 2.05) is 11.9 Å². The van der Waals surface area contributed by atoms with Crippen molar-refractivity contribution >= 4 is 16.7 Å². The summed E-state index contributed by atoms with van der Waals surface area (Å²) in [5.74, 6) is 0.433. The molecule has 21 heavy (non-hydrogen) atoms. The Morgan fingerprint density at radius 2 is 1.95 bits per heavy atom. The van der Waals surface area contributed by atoms with Crippen LogP contribution in [0.1, 0.15) is 24.8 Å². The van der Waals surface area contributed by atoms with Crippen LogP contribution in [0.25, 0.3) is 10.8 Å². The van der Waals surface area contributed by atoms with Crippen molar-refractivity contribution in [2.24, 2.45) is 5.92 Å². The predicted molar refractivity (Wildman–Crippen MR) is 86.9 cm³/mol. The Balaban J connectivity index is 1.78. The fourth-order valence-electron chi connectivity index (χ4n) is 3.09. The fraction of sp³-hybridized carbons (Fsp3) is 0.316. The lowest BCUT2D eigenvalue weighted by molar-refractivity contribution is -0.134. The van der Waals surface area contributed by atoms with Crippen molar-refractivity contribution in [3.63, 3.8) is 0 Å². The fourth-order valence-corrected chi connectivity index (χ4v) is 3.09. The highest BCUT2D eigenvalue weighted by Gasteiger charge is 2.22. The van der Waals surface area contributed by atoms with Gasteiger partial charge in [0.1, 0.15) is 0 Å². The molecule has 2 aromatic carbocycles. The Morgan fingerprint density at radius 3 is 2.76 bits per heavy atom. The third kappa shape index (κ3) is 2.99. The minimum absolute atomic E-state index is 0.162. The summed E-state index contributed by atoms with van der Waals surface area (Å²) in [5, 5.41) is 2.47. The van der Waals surface area contributed by atoms with Crippen molar-refractivity contribution in [3.05, 3.63) is 60.2 Å². The molecule has 0 saturated carbocycles. The first kappa shape index (κ1) is 13.9. The molecule has 0 aromatic heterocycles. The second-order valence-electron chi connectivity index (χ2n) is 5.81. The van der Waals surface area contributed by atoms with E-state index in [1.54, 1.807) is 0 Å². The van der Waals surface area contributed by atoms with Gasteiger partial charge < -0.3 is 4.90 Å². The monoisotopic (exact) mass is 279 g/mol. The molecule has 1 atom stereocenters. The number of allylic oxidation sites excluding steroid dienone is 2. The predicted octanol–water partition coefficient (Wildman–Crippen LogP) is 4.15. The molecule has 1 aliphatic rings. The molecule has 0 fully saturated rings. The van der Waals surface area contributed by atoms with Gasteiger partial charge in [-0.1, -0.05) is 54.6 Å². The first-order chi connectivity index (χ1) is 10.3. The summed E-state index contributed by atoms with van der Waals surface area (Å²) < 4.78 is 0. The summed E-state index contributed by atoms with van der Waals surface area (Å²) in [6.07, 6.45) is 7.21. The second-order valence-corrected chi connectivity index (χ2v) is 5.81. The van der Waals surface area contributed by atoms with Crippen LogP contribution in [-0.2, 0) is 11.3 Å². The Bertz CT molecular complexity index is 669. The van der Waals surface area contributed by atoms with Crippen LogP contribution in [0.5, 0.6) is 0 Å². The molecule has 0 radical (unpaired) electrons. The van der Waals surface area contributed by atoms with Gasteiger partial charge in [0.2, 0.25) is 5.91 Å². The normalized spacial score (nSPS) is 17.9. The van der Waals surface area contributed by atoms with Crippen molar-refractivity contribution in [1.29, 1.82) is 0 Å². The first-order valence-corrected chi connectivity index (χ1v) is 7.62. The highest BCUT2D eigenvalue weighted by molar-refractivity contribution is 5.86. The molecule has 1 aliphatic carbocycles. The van der Waals surface area contributed by atoms with Gasteiger partial charge in [-0.25, -0.2) is 0 Å². The summed E-state index contributed by atoms with van der Waals surface area (Å²) in [6, 6.07) is 14.7. The highest BCUT2D eigenvalue weighted by atomic mass is 16.2. The molecule has 0 bridgehead atoms. The molecule has 0 heterocycles. The molecule has 2 nitrogen and oxygen atoms in total. The van der Waals surface area contributed by atoms with Crippen LogP contribution >= 0.6 is 0 Å². The molecule has 1 unspecified atom stereocenters. The molecule has 0 aliphatic heterocycles. The van der Waals surface area contributed by atoms with E-state index in [4.69, 9.17) is 0 Å². The molecule has 2 aromatic rings. The molecule has 108 valence electrons. The molecular formula is C19H21NO. The van der Waals surface area contributed by atoms with Crippen molar-refractivity contribution in [2.45, 2.75) is 25.8 Å². The van der Waals surface area contributed by atoms with Gasteiger partial charge in [0, 0.05) is 19.5 Å². The minimum Gasteiger partial charge on any atom is -0.341 e. The molecule has 0 N–H and O–H groups in total. The van der Waals surface area contributed by atoms with Gasteiger partial charge >= 0.3 is 0 Å². The smallest absolute Gasteiger partial charge is 0.226 e. The lowest BCUT2D eigenvalue weighted by Gasteiger charge is -2.25. The zero-order chi connectivity index (χ0) is 14.7. The number of rotatable bonds is 3. The summed E-state index contributed by atoms with van der Waals surface area (Å²) in [7, 11) is 1.92. The second kappa shape index (κ2) is 6.13. The lowest BCUT2D eigenvalue weighted by atomic mass is 9.93. The first-order valence-electron chi connectivity index (χ1n) is 7.62. The number of amides is 1. The Labute approximate surface area is 126 Å². The van der Waals surface area contributed by atoms with Crippen molar-refractivity contribution in [1.82, 2.24) is 4.90 Å². The standard InChI is InChI=1S/C19H21NO/c1-20(19(21)16-9-3-2-4-10-16)14-17-12-7-11-15-8-5-6-13-18(15)17/h2-3,5-8,11-13,16H,4,9-10,14H2,1H3. The Morgan fingerprint density at radius 1 is 1.14 bits per heavy atom. The highest BCUT2D eigenvalue weighted by Crippen LogP contribution is 2.23. The van der Waals surface area contributed by atoms with Gasteiger partial charge in [0.25, 0.3) is 0 Å². The maximum absolute atomic E-state index is 12.5. The quantitative estimate of drug-likeness (QED) is 0.773. The molecule has 1 amide bonds. The number of benzene rings is 2. The van der Waals surface area contributed by atoms with E-state index in [1.165, 1.54) is 16.3 Å². The zero-order valence-corrected chi connectivity index (χ0v) is 12.5. The van der Waals surface area contributed by atoms with Gasteiger partial charge in [-0.15, -0.1) is 0 Å². The largest absolute Gasteiger partial charge is 0.341 e. The Kier molecular flexibility index (Phi) is 4.05. The van der Waals surface area contributed by atoms with Crippen molar-refractivity contribution in [2.75, 3.05) is 7.05 Å². The maximum Gasteiger partial charge on any atom is 0.226 e. The number of carbonyl (C=O) groups is 1. The topological polar surface area (TPSA) is 20.3 Å². The summed E-state index contributed by atoms with van der Waals surface area (Å²) >= 11 is 0. The van der Waals surface area contributed by atoms with Crippen LogP contribution in [0.15, 0.2) is 54.6 Å². The van der Waals surface area contributed by atoms with E-state index >= 15 is 0 Å². The number of hydrogen-bond acceptors (Lipinski definition) is 1.